The van der Waals surface area contributed by atoms with Crippen LogP contribution in [-0.2, 0) is 11.4 Å². The van der Waals surface area contributed by atoms with Gasteiger partial charge in [0.05, 0.1) is 17.0 Å². The van der Waals surface area contributed by atoms with Gasteiger partial charge in [0.15, 0.2) is 0 Å². The van der Waals surface area contributed by atoms with Crippen molar-refractivity contribution in [2.24, 2.45) is 5.10 Å². The third-order valence-electron chi connectivity index (χ3n) is 4.85. The lowest BCUT2D eigenvalue weighted by molar-refractivity contribution is -0.114. The van der Waals surface area contributed by atoms with Gasteiger partial charge >= 0.3 is 5.97 Å². The van der Waals surface area contributed by atoms with Crippen LogP contribution in [0.4, 0.5) is 5.69 Å². The van der Waals surface area contributed by atoms with Crippen LogP contribution in [0.5, 0.6) is 5.75 Å². The Morgan fingerprint density at radius 3 is 2.39 bits per heavy atom. The average Bonchev–Trinajstić information content (AvgIpc) is 3.07. The van der Waals surface area contributed by atoms with Crippen LogP contribution < -0.4 is 9.75 Å². The number of anilines is 1. The van der Waals surface area contributed by atoms with Crippen molar-refractivity contribution < 1.29 is 19.4 Å². The Hall–Kier alpha value is -4.19. The van der Waals surface area contributed by atoms with Crippen molar-refractivity contribution in [1.29, 1.82) is 0 Å². The van der Waals surface area contributed by atoms with Crippen LogP contribution in [0, 0.1) is 0 Å². The first kappa shape index (κ1) is 20.1. The summed E-state index contributed by atoms with van der Waals surface area (Å²) in [5.41, 5.74) is 3.20. The van der Waals surface area contributed by atoms with E-state index in [4.69, 9.17) is 4.74 Å². The van der Waals surface area contributed by atoms with Crippen molar-refractivity contribution >= 4 is 29.4 Å². The maximum absolute atomic E-state index is 12.9. The van der Waals surface area contributed by atoms with Crippen LogP contribution in [0.1, 0.15) is 28.4 Å². The van der Waals surface area contributed by atoms with Crippen LogP contribution in [0.15, 0.2) is 89.5 Å². The molecule has 0 saturated carbocycles. The normalized spacial score (nSPS) is 14.6. The summed E-state index contributed by atoms with van der Waals surface area (Å²) in [4.78, 5) is 24.7. The summed E-state index contributed by atoms with van der Waals surface area (Å²) in [5.74, 6) is -1.09. The molecule has 154 valence electrons. The minimum atomic E-state index is -1.10. The highest BCUT2D eigenvalue weighted by atomic mass is 16.5. The number of amides is 1. The van der Waals surface area contributed by atoms with E-state index in [1.807, 2.05) is 48.5 Å². The van der Waals surface area contributed by atoms with Crippen molar-refractivity contribution in [2.75, 3.05) is 5.01 Å². The molecule has 6 heteroatoms. The molecular weight excluding hydrogens is 392 g/mol. The summed E-state index contributed by atoms with van der Waals surface area (Å²) >= 11 is 0. The Kier molecular flexibility index (Phi) is 5.62. The molecule has 1 heterocycles. The van der Waals surface area contributed by atoms with Gasteiger partial charge in [-0.05, 0) is 48.4 Å². The second kappa shape index (κ2) is 8.67. The quantitative estimate of drug-likeness (QED) is 0.592. The van der Waals surface area contributed by atoms with Crippen molar-refractivity contribution in [3.63, 3.8) is 0 Å². The molecule has 3 aromatic rings. The second-order valence-corrected chi connectivity index (χ2v) is 7.03. The lowest BCUT2D eigenvalue weighted by Crippen LogP contribution is -2.21. The minimum Gasteiger partial charge on any atom is -0.488 e. The lowest BCUT2D eigenvalue weighted by Gasteiger charge is -2.11. The Morgan fingerprint density at radius 1 is 1.03 bits per heavy atom. The first-order valence-corrected chi connectivity index (χ1v) is 9.74. The van der Waals surface area contributed by atoms with Gasteiger partial charge in [0.25, 0.3) is 5.91 Å². The van der Waals surface area contributed by atoms with E-state index >= 15 is 0 Å². The fourth-order valence-corrected chi connectivity index (χ4v) is 3.26. The molecule has 31 heavy (non-hydrogen) atoms. The van der Waals surface area contributed by atoms with Gasteiger partial charge in [-0.3, -0.25) is 4.79 Å². The zero-order valence-corrected chi connectivity index (χ0v) is 16.9. The number of rotatable bonds is 6. The number of nitrogens with zero attached hydrogens (tertiary/aromatic N) is 2. The van der Waals surface area contributed by atoms with E-state index in [1.54, 1.807) is 37.3 Å². The molecule has 0 spiro atoms. The SMILES string of the molecule is CC1=NN(c2ccccc2)C(=O)C1=Cc1ccc(OCc2ccccc2)c(C(=O)O)c1. The first-order chi connectivity index (χ1) is 15.0. The topological polar surface area (TPSA) is 79.2 Å². The first-order valence-electron chi connectivity index (χ1n) is 9.74. The lowest BCUT2D eigenvalue weighted by atomic mass is 10.0. The van der Waals surface area contributed by atoms with Gasteiger partial charge in [-0.25, -0.2) is 4.79 Å². The smallest absolute Gasteiger partial charge is 0.339 e. The van der Waals surface area contributed by atoms with E-state index in [0.717, 1.165) is 5.56 Å². The third kappa shape index (κ3) is 4.38. The number of carboxylic acids is 1. The summed E-state index contributed by atoms with van der Waals surface area (Å²) in [6.45, 7) is 2.01. The van der Waals surface area contributed by atoms with Gasteiger partial charge in [-0.2, -0.15) is 10.1 Å². The number of benzene rings is 3. The molecule has 0 aliphatic carbocycles. The molecule has 1 amide bonds. The highest BCUT2D eigenvalue weighted by molar-refractivity contribution is 6.32. The molecule has 0 fully saturated rings. The molecule has 0 aromatic heterocycles. The highest BCUT2D eigenvalue weighted by Crippen LogP contribution is 2.27. The number of hydrogen-bond acceptors (Lipinski definition) is 4. The minimum absolute atomic E-state index is 0.0326. The van der Waals surface area contributed by atoms with E-state index in [1.165, 1.54) is 11.1 Å². The average molecular weight is 412 g/mol. The summed E-state index contributed by atoms with van der Waals surface area (Å²) in [6.07, 6.45) is 1.65. The molecule has 0 atom stereocenters. The highest BCUT2D eigenvalue weighted by Gasteiger charge is 2.28. The van der Waals surface area contributed by atoms with E-state index in [9.17, 15) is 14.7 Å². The summed E-state index contributed by atoms with van der Waals surface area (Å²) in [7, 11) is 0. The molecule has 1 aliphatic rings. The number of carbonyl (C=O) groups excluding carboxylic acids is 1. The maximum atomic E-state index is 12.9. The van der Waals surface area contributed by atoms with E-state index < -0.39 is 5.97 Å². The van der Waals surface area contributed by atoms with Crippen molar-refractivity contribution in [3.8, 4) is 5.75 Å². The number of ether oxygens (including phenoxy) is 1. The summed E-state index contributed by atoms with van der Waals surface area (Å²) in [6, 6.07) is 23.5. The Bertz CT molecular complexity index is 1180. The molecule has 0 saturated heterocycles. The molecule has 6 nitrogen and oxygen atoms in total. The summed E-state index contributed by atoms with van der Waals surface area (Å²) in [5, 5.41) is 15.3. The van der Waals surface area contributed by atoms with Gasteiger partial charge in [0, 0.05) is 0 Å². The molecule has 0 bridgehead atoms. The fraction of sp³-hybridized carbons (Fsp3) is 0.0800. The van der Waals surface area contributed by atoms with Crippen molar-refractivity contribution in [1.82, 2.24) is 0 Å². The van der Waals surface area contributed by atoms with Gasteiger partial charge in [0.1, 0.15) is 17.9 Å². The van der Waals surface area contributed by atoms with E-state index in [-0.39, 0.29) is 23.8 Å². The zero-order valence-electron chi connectivity index (χ0n) is 16.9. The third-order valence-corrected chi connectivity index (χ3v) is 4.85. The van der Waals surface area contributed by atoms with Crippen LogP contribution in [0.3, 0.4) is 0 Å². The van der Waals surface area contributed by atoms with Gasteiger partial charge in [-0.15, -0.1) is 0 Å². The van der Waals surface area contributed by atoms with E-state index in [2.05, 4.69) is 5.10 Å². The number of aromatic carboxylic acids is 1. The number of para-hydroxylation sites is 1. The molecule has 1 N–H and O–H groups in total. The molecular formula is C25H20N2O4. The number of carbonyl (C=O) groups is 2. The predicted octanol–water partition coefficient (Wildman–Crippen LogP) is 4.77. The van der Waals surface area contributed by atoms with Crippen LogP contribution >= 0.6 is 0 Å². The van der Waals surface area contributed by atoms with E-state index in [0.29, 0.717) is 22.5 Å². The molecule has 3 aromatic carbocycles. The molecule has 0 unspecified atom stereocenters. The van der Waals surface area contributed by atoms with Gasteiger partial charge in [0.2, 0.25) is 0 Å². The zero-order chi connectivity index (χ0) is 21.8. The largest absolute Gasteiger partial charge is 0.488 e. The Labute approximate surface area is 179 Å². The van der Waals surface area contributed by atoms with Crippen molar-refractivity contribution in [3.05, 3.63) is 101 Å². The number of hydrogen-bond donors (Lipinski definition) is 1. The number of carboxylic acid groups (broad SMARTS) is 1. The molecule has 1 aliphatic heterocycles. The Morgan fingerprint density at radius 2 is 1.71 bits per heavy atom. The van der Waals surface area contributed by atoms with Crippen LogP contribution in [0.2, 0.25) is 0 Å². The van der Waals surface area contributed by atoms with Gasteiger partial charge < -0.3 is 9.84 Å². The van der Waals surface area contributed by atoms with Crippen LogP contribution in [0.25, 0.3) is 6.08 Å². The standard InChI is InChI=1S/C25H20N2O4/c1-17-21(24(28)27(26-17)20-10-6-3-7-11-20)14-19-12-13-23(22(15-19)25(29)30)31-16-18-8-4-2-5-9-18/h2-15H,16H2,1H3,(H,29,30). The Balaban J connectivity index is 1.59. The molecule has 0 radical (unpaired) electrons. The monoisotopic (exact) mass is 412 g/mol. The molecule has 4 rings (SSSR count). The number of hydrazone groups is 1. The fourth-order valence-electron chi connectivity index (χ4n) is 3.26. The van der Waals surface area contributed by atoms with Crippen LogP contribution in [-0.4, -0.2) is 22.7 Å². The van der Waals surface area contributed by atoms with Gasteiger partial charge in [-0.1, -0.05) is 54.6 Å². The maximum Gasteiger partial charge on any atom is 0.339 e. The van der Waals surface area contributed by atoms with Crippen molar-refractivity contribution in [2.45, 2.75) is 13.5 Å². The summed E-state index contributed by atoms with van der Waals surface area (Å²) < 4.78 is 5.73. The predicted molar refractivity (Wildman–Crippen MR) is 119 cm³/mol. The second-order valence-electron chi connectivity index (χ2n) is 7.03.